The molecular formula is C29H34N6O5. The van der Waals surface area contributed by atoms with Gasteiger partial charge in [0.2, 0.25) is 0 Å². The lowest BCUT2D eigenvalue weighted by atomic mass is 9.77. The number of hydrogen-bond acceptors (Lipinski definition) is 8. The fourth-order valence-corrected chi connectivity index (χ4v) is 5.71. The number of likely N-dealkylation sites (N-methyl/N-ethyl adjacent to an activating group) is 1. The topological polar surface area (TPSA) is 138 Å². The van der Waals surface area contributed by atoms with Crippen LogP contribution in [0.1, 0.15) is 64.8 Å². The molecule has 1 N–H and O–H groups in total. The summed E-state index contributed by atoms with van der Waals surface area (Å²) in [6, 6.07) is 5.40. The number of methoxy groups -OCH3 is 1. The number of rotatable bonds is 8. The summed E-state index contributed by atoms with van der Waals surface area (Å²) in [7, 11) is 3.39. The number of aryl methyl sites for hydroxylation is 1. The van der Waals surface area contributed by atoms with Crippen molar-refractivity contribution in [1.82, 2.24) is 14.9 Å². The van der Waals surface area contributed by atoms with E-state index in [1.54, 1.807) is 25.1 Å². The quantitative estimate of drug-likeness (QED) is 0.498. The highest BCUT2D eigenvalue weighted by Gasteiger charge is 2.32. The van der Waals surface area contributed by atoms with Crippen molar-refractivity contribution < 1.29 is 23.9 Å². The molecule has 40 heavy (non-hydrogen) atoms. The molecule has 3 amide bonds. The van der Waals surface area contributed by atoms with Crippen LogP contribution in [0.4, 0.5) is 16.4 Å². The van der Waals surface area contributed by atoms with Gasteiger partial charge in [-0.3, -0.25) is 19.8 Å². The number of aldehydes is 1. The van der Waals surface area contributed by atoms with Gasteiger partial charge in [-0.15, -0.1) is 0 Å². The lowest BCUT2D eigenvalue weighted by Crippen LogP contribution is -2.40. The van der Waals surface area contributed by atoms with E-state index in [1.807, 2.05) is 6.07 Å². The normalized spacial score (nSPS) is 21.6. The Balaban J connectivity index is 1.32. The van der Waals surface area contributed by atoms with Gasteiger partial charge < -0.3 is 14.4 Å². The van der Waals surface area contributed by atoms with Crippen LogP contribution in [0.5, 0.6) is 0 Å². The Labute approximate surface area is 233 Å². The van der Waals surface area contributed by atoms with E-state index in [9.17, 15) is 19.6 Å². The van der Waals surface area contributed by atoms with Crippen molar-refractivity contribution >= 4 is 29.9 Å². The van der Waals surface area contributed by atoms with E-state index in [2.05, 4.69) is 21.4 Å². The molecule has 2 aromatic heterocycles. The zero-order valence-electron chi connectivity index (χ0n) is 22.9. The van der Waals surface area contributed by atoms with Crippen molar-refractivity contribution in [3.63, 3.8) is 0 Å². The molecule has 5 rings (SSSR count). The molecule has 11 nitrogen and oxygen atoms in total. The number of nitriles is 1. The van der Waals surface area contributed by atoms with Gasteiger partial charge in [0.1, 0.15) is 29.5 Å². The minimum absolute atomic E-state index is 0.114. The maximum Gasteiger partial charge on any atom is 0.328 e. The van der Waals surface area contributed by atoms with Gasteiger partial charge in [0.15, 0.2) is 6.29 Å². The van der Waals surface area contributed by atoms with E-state index >= 15 is 0 Å². The summed E-state index contributed by atoms with van der Waals surface area (Å²) in [5.74, 6) is 0.990. The second-order valence-electron chi connectivity index (χ2n) is 10.7. The minimum atomic E-state index is -0.444. The molecule has 2 fully saturated rings. The molecule has 11 heteroatoms. The smallest absolute Gasteiger partial charge is 0.328 e. The van der Waals surface area contributed by atoms with E-state index < -0.39 is 12.1 Å². The summed E-state index contributed by atoms with van der Waals surface area (Å²) < 4.78 is 11.0. The monoisotopic (exact) mass is 546 g/mol. The van der Waals surface area contributed by atoms with Gasteiger partial charge in [0, 0.05) is 45.6 Å². The van der Waals surface area contributed by atoms with E-state index in [1.165, 1.54) is 11.1 Å². The fourth-order valence-electron chi connectivity index (χ4n) is 5.71. The Bertz CT molecular complexity index is 1330. The number of pyridine rings is 2. The SMILES string of the molecule is CO[C@H]1CC[C@@H]1Cc1cc(NC(=O)N2CCCc3cc(CN(C)C(=O)[C@H]4CCCO4)c(C=O)nc32)ncc1C#N. The number of anilines is 2. The first-order valence-corrected chi connectivity index (χ1v) is 13.8. The highest BCUT2D eigenvalue weighted by atomic mass is 16.5. The average molecular weight is 547 g/mol. The number of aromatic nitrogens is 2. The zero-order chi connectivity index (χ0) is 28.2. The molecule has 0 radical (unpaired) electrons. The lowest BCUT2D eigenvalue weighted by Gasteiger charge is -2.35. The van der Waals surface area contributed by atoms with E-state index in [-0.39, 0.29) is 24.2 Å². The molecule has 2 aliphatic heterocycles. The van der Waals surface area contributed by atoms with Crippen molar-refractivity contribution in [2.24, 2.45) is 5.92 Å². The highest BCUT2D eigenvalue weighted by Crippen LogP contribution is 2.34. The molecule has 4 heterocycles. The Morgan fingerprint density at radius 1 is 1.27 bits per heavy atom. The van der Waals surface area contributed by atoms with Crippen LogP contribution in [-0.4, -0.2) is 72.6 Å². The van der Waals surface area contributed by atoms with Crippen LogP contribution < -0.4 is 10.2 Å². The predicted molar refractivity (Wildman–Crippen MR) is 146 cm³/mol. The number of hydrogen-bond donors (Lipinski definition) is 1. The van der Waals surface area contributed by atoms with Crippen LogP contribution in [0.25, 0.3) is 0 Å². The van der Waals surface area contributed by atoms with Crippen LogP contribution in [0.3, 0.4) is 0 Å². The van der Waals surface area contributed by atoms with Crippen molar-refractivity contribution in [2.45, 2.75) is 63.7 Å². The largest absolute Gasteiger partial charge is 0.381 e. The van der Waals surface area contributed by atoms with Gasteiger partial charge in [0.25, 0.3) is 5.91 Å². The summed E-state index contributed by atoms with van der Waals surface area (Å²) in [5.41, 5.74) is 2.97. The zero-order valence-corrected chi connectivity index (χ0v) is 22.9. The first-order valence-electron chi connectivity index (χ1n) is 13.8. The Hall–Kier alpha value is -3.88. The second-order valence-corrected chi connectivity index (χ2v) is 10.7. The third-order valence-electron chi connectivity index (χ3n) is 8.10. The number of nitrogens with one attached hydrogen (secondary N) is 1. The summed E-state index contributed by atoms with van der Waals surface area (Å²) in [5, 5.41) is 12.4. The van der Waals surface area contributed by atoms with Gasteiger partial charge in [-0.1, -0.05) is 0 Å². The predicted octanol–water partition coefficient (Wildman–Crippen LogP) is 3.25. The maximum atomic E-state index is 13.4. The van der Waals surface area contributed by atoms with Gasteiger partial charge in [-0.05, 0) is 74.1 Å². The minimum Gasteiger partial charge on any atom is -0.381 e. The molecule has 210 valence electrons. The molecule has 3 atom stereocenters. The summed E-state index contributed by atoms with van der Waals surface area (Å²) >= 11 is 0. The number of urea groups is 1. The number of nitrogens with zero attached hydrogens (tertiary/aromatic N) is 5. The highest BCUT2D eigenvalue weighted by molar-refractivity contribution is 6.01. The molecule has 0 unspecified atom stereocenters. The van der Waals surface area contributed by atoms with Crippen LogP contribution >= 0.6 is 0 Å². The van der Waals surface area contributed by atoms with Crippen LogP contribution in [-0.2, 0) is 33.7 Å². The number of carbonyl (C=O) groups excluding carboxylic acids is 3. The Morgan fingerprint density at radius 2 is 2.12 bits per heavy atom. The molecule has 1 aliphatic carbocycles. The van der Waals surface area contributed by atoms with Crippen LogP contribution in [0.2, 0.25) is 0 Å². The third-order valence-corrected chi connectivity index (χ3v) is 8.10. The van der Waals surface area contributed by atoms with E-state index in [4.69, 9.17) is 9.47 Å². The maximum absolute atomic E-state index is 13.4. The molecule has 0 spiro atoms. The first kappa shape index (κ1) is 27.7. The van der Waals surface area contributed by atoms with E-state index in [0.29, 0.717) is 67.4 Å². The molecule has 2 aromatic rings. The number of fused-ring (bicyclic) bond motifs is 1. The fraction of sp³-hybridized carbons (Fsp3) is 0.517. The average Bonchev–Trinajstić information content (AvgIpc) is 3.49. The Morgan fingerprint density at radius 3 is 2.80 bits per heavy atom. The molecule has 0 bridgehead atoms. The molecule has 1 saturated carbocycles. The number of carbonyl (C=O) groups is 3. The van der Waals surface area contributed by atoms with Crippen molar-refractivity contribution in [2.75, 3.05) is 37.5 Å². The number of ether oxygens (including phenoxy) is 2. The molecule has 0 aromatic carbocycles. The molecular weight excluding hydrogens is 512 g/mol. The van der Waals surface area contributed by atoms with Crippen molar-refractivity contribution in [3.8, 4) is 6.07 Å². The molecule has 3 aliphatic rings. The number of amides is 3. The van der Waals surface area contributed by atoms with Crippen LogP contribution in [0.15, 0.2) is 18.3 Å². The lowest BCUT2D eigenvalue weighted by molar-refractivity contribution is -0.140. The van der Waals surface area contributed by atoms with Crippen molar-refractivity contribution in [1.29, 1.82) is 5.26 Å². The second kappa shape index (κ2) is 12.1. The van der Waals surface area contributed by atoms with Gasteiger partial charge in [0.05, 0.1) is 11.7 Å². The standard InChI is InChI=1S/C29H34N6O5/c1-34(28(37)25-6-4-10-40-25)16-21-12-19-5-3-9-35(27(19)32-23(21)17-36)29(38)33-26-13-20(22(14-30)15-31-26)11-18-7-8-24(18)39-2/h12-13,15,17-18,24-25H,3-11,16H2,1-2H3,(H,31,33,38)/t18-,24+,25-/m1/s1. The Kier molecular flexibility index (Phi) is 8.38. The molecule has 1 saturated heterocycles. The van der Waals surface area contributed by atoms with Gasteiger partial charge >= 0.3 is 6.03 Å². The summed E-state index contributed by atoms with van der Waals surface area (Å²) in [6.07, 6.45) is 7.56. The summed E-state index contributed by atoms with van der Waals surface area (Å²) in [4.78, 5) is 50.0. The van der Waals surface area contributed by atoms with E-state index in [0.717, 1.165) is 36.8 Å². The van der Waals surface area contributed by atoms with Crippen LogP contribution in [0, 0.1) is 17.2 Å². The van der Waals surface area contributed by atoms with Gasteiger partial charge in [-0.2, -0.15) is 5.26 Å². The van der Waals surface area contributed by atoms with Crippen molar-refractivity contribution in [3.05, 3.63) is 46.3 Å². The summed E-state index contributed by atoms with van der Waals surface area (Å²) in [6.45, 7) is 1.24. The third kappa shape index (κ3) is 5.69. The van der Waals surface area contributed by atoms with Gasteiger partial charge in [-0.25, -0.2) is 14.8 Å². The first-order chi connectivity index (χ1) is 19.4.